The average molecular weight is 272 g/mol. The molecule has 0 aliphatic rings. The molecule has 0 saturated carbocycles. The SMILES string of the molecule is C=CCNc1c(N)n(Cc2ccccc2)c(=O)[nH]c1=O. The summed E-state index contributed by atoms with van der Waals surface area (Å²) in [7, 11) is 0. The van der Waals surface area contributed by atoms with E-state index in [0.717, 1.165) is 5.56 Å². The second kappa shape index (κ2) is 5.92. The lowest BCUT2D eigenvalue weighted by molar-refractivity contribution is 0.734. The summed E-state index contributed by atoms with van der Waals surface area (Å²) in [5, 5.41) is 2.84. The van der Waals surface area contributed by atoms with E-state index in [0.29, 0.717) is 13.1 Å². The number of nitrogens with one attached hydrogen (secondary N) is 2. The minimum atomic E-state index is -0.529. The first-order valence-electron chi connectivity index (χ1n) is 6.14. The van der Waals surface area contributed by atoms with Gasteiger partial charge >= 0.3 is 5.69 Å². The Morgan fingerprint density at radius 2 is 2.00 bits per heavy atom. The molecule has 0 aliphatic carbocycles. The van der Waals surface area contributed by atoms with Crippen LogP contribution in [-0.2, 0) is 6.54 Å². The maximum atomic E-state index is 11.9. The van der Waals surface area contributed by atoms with Crippen molar-refractivity contribution in [1.82, 2.24) is 9.55 Å². The van der Waals surface area contributed by atoms with Crippen LogP contribution in [0.4, 0.5) is 11.5 Å². The molecule has 20 heavy (non-hydrogen) atoms. The summed E-state index contributed by atoms with van der Waals surface area (Å²) >= 11 is 0. The van der Waals surface area contributed by atoms with Gasteiger partial charge in [-0.25, -0.2) is 4.79 Å². The van der Waals surface area contributed by atoms with Crippen molar-refractivity contribution in [1.29, 1.82) is 0 Å². The van der Waals surface area contributed by atoms with Gasteiger partial charge in [0.25, 0.3) is 5.56 Å². The number of H-pyrrole nitrogens is 1. The molecule has 1 aromatic heterocycles. The molecule has 6 nitrogen and oxygen atoms in total. The van der Waals surface area contributed by atoms with Gasteiger partial charge in [0.1, 0.15) is 11.5 Å². The molecule has 104 valence electrons. The number of benzene rings is 1. The van der Waals surface area contributed by atoms with E-state index in [1.807, 2.05) is 30.3 Å². The van der Waals surface area contributed by atoms with Crippen molar-refractivity contribution in [3.63, 3.8) is 0 Å². The van der Waals surface area contributed by atoms with Crippen molar-refractivity contribution in [3.05, 3.63) is 69.4 Å². The molecule has 0 spiro atoms. The second-order valence-electron chi connectivity index (χ2n) is 4.26. The fourth-order valence-electron chi connectivity index (χ4n) is 1.86. The zero-order chi connectivity index (χ0) is 14.5. The van der Waals surface area contributed by atoms with Gasteiger partial charge in [-0.15, -0.1) is 6.58 Å². The monoisotopic (exact) mass is 272 g/mol. The molecule has 1 heterocycles. The highest BCUT2D eigenvalue weighted by molar-refractivity contribution is 5.60. The van der Waals surface area contributed by atoms with Gasteiger partial charge in [0.15, 0.2) is 0 Å². The third-order valence-electron chi connectivity index (χ3n) is 2.85. The summed E-state index contributed by atoms with van der Waals surface area (Å²) < 4.78 is 1.32. The fourth-order valence-corrected chi connectivity index (χ4v) is 1.86. The van der Waals surface area contributed by atoms with Crippen LogP contribution < -0.4 is 22.3 Å². The third kappa shape index (κ3) is 2.80. The van der Waals surface area contributed by atoms with Gasteiger partial charge in [-0.05, 0) is 5.56 Å². The number of hydrogen-bond donors (Lipinski definition) is 3. The van der Waals surface area contributed by atoms with Crippen LogP contribution in [0.15, 0.2) is 52.6 Å². The molecule has 0 radical (unpaired) electrons. The molecular weight excluding hydrogens is 256 g/mol. The van der Waals surface area contributed by atoms with Crippen molar-refractivity contribution in [3.8, 4) is 0 Å². The molecule has 2 aromatic rings. The molecule has 4 N–H and O–H groups in total. The number of nitrogens with two attached hydrogens (primary N) is 1. The summed E-state index contributed by atoms with van der Waals surface area (Å²) in [6.45, 7) is 4.24. The van der Waals surface area contributed by atoms with Crippen molar-refractivity contribution in [2.75, 3.05) is 17.6 Å². The maximum Gasteiger partial charge on any atom is 0.330 e. The van der Waals surface area contributed by atoms with Crippen LogP contribution >= 0.6 is 0 Å². The summed E-state index contributed by atoms with van der Waals surface area (Å²) in [4.78, 5) is 25.8. The number of nitrogens with zero attached hydrogens (tertiary/aromatic N) is 1. The van der Waals surface area contributed by atoms with Crippen LogP contribution in [0.3, 0.4) is 0 Å². The van der Waals surface area contributed by atoms with Crippen molar-refractivity contribution < 1.29 is 0 Å². The Bertz CT molecular complexity index is 716. The first-order chi connectivity index (χ1) is 9.63. The predicted octanol–water partition coefficient (Wildman–Crippen LogP) is 0.765. The maximum absolute atomic E-state index is 11.9. The molecule has 6 heteroatoms. The Morgan fingerprint density at radius 3 is 2.65 bits per heavy atom. The lowest BCUT2D eigenvalue weighted by Crippen LogP contribution is -2.34. The largest absolute Gasteiger partial charge is 0.383 e. The van der Waals surface area contributed by atoms with E-state index >= 15 is 0 Å². The predicted molar refractivity (Wildman–Crippen MR) is 80.0 cm³/mol. The lowest BCUT2D eigenvalue weighted by Gasteiger charge is -2.13. The van der Waals surface area contributed by atoms with Crippen LogP contribution in [0.5, 0.6) is 0 Å². The molecule has 0 unspecified atom stereocenters. The highest BCUT2D eigenvalue weighted by Crippen LogP contribution is 2.11. The molecule has 1 aromatic carbocycles. The van der Waals surface area contributed by atoms with Crippen LogP contribution in [-0.4, -0.2) is 16.1 Å². The quantitative estimate of drug-likeness (QED) is 0.701. The van der Waals surface area contributed by atoms with Gasteiger partial charge in [-0.2, -0.15) is 0 Å². The summed E-state index contributed by atoms with van der Waals surface area (Å²) in [6.07, 6.45) is 1.60. The minimum absolute atomic E-state index is 0.115. The summed E-state index contributed by atoms with van der Waals surface area (Å²) in [5.74, 6) is 0.115. The summed E-state index contributed by atoms with van der Waals surface area (Å²) in [6, 6.07) is 9.40. The standard InChI is InChI=1S/C14H16N4O2/c1-2-8-16-11-12(15)18(14(20)17-13(11)19)9-10-6-4-3-5-7-10/h2-7,16H,1,8-9,15H2,(H,17,19,20). The van der Waals surface area contributed by atoms with Crippen molar-refractivity contribution in [2.45, 2.75) is 6.54 Å². The molecule has 0 saturated heterocycles. The van der Waals surface area contributed by atoms with Gasteiger partial charge in [0, 0.05) is 6.54 Å². The van der Waals surface area contributed by atoms with Crippen molar-refractivity contribution in [2.24, 2.45) is 0 Å². The summed E-state index contributed by atoms with van der Waals surface area (Å²) in [5.41, 5.74) is 5.96. The number of aromatic nitrogens is 2. The van der Waals surface area contributed by atoms with Crippen LogP contribution in [0.2, 0.25) is 0 Å². The van der Waals surface area contributed by atoms with E-state index in [-0.39, 0.29) is 11.5 Å². The normalized spacial score (nSPS) is 10.2. The Balaban J connectivity index is 2.45. The Labute approximate surface area is 115 Å². The first kappa shape index (κ1) is 13.7. The van der Waals surface area contributed by atoms with E-state index in [1.54, 1.807) is 6.08 Å². The van der Waals surface area contributed by atoms with Gasteiger partial charge in [-0.1, -0.05) is 36.4 Å². The molecule has 0 bridgehead atoms. The van der Waals surface area contributed by atoms with Gasteiger partial charge in [-0.3, -0.25) is 14.3 Å². The lowest BCUT2D eigenvalue weighted by atomic mass is 10.2. The topological polar surface area (TPSA) is 92.9 Å². The van der Waals surface area contributed by atoms with E-state index in [9.17, 15) is 9.59 Å². The Hall–Kier alpha value is -2.76. The fraction of sp³-hybridized carbons (Fsp3) is 0.143. The highest BCUT2D eigenvalue weighted by Gasteiger charge is 2.11. The number of aromatic amines is 1. The van der Waals surface area contributed by atoms with Gasteiger partial charge in [0.05, 0.1) is 6.54 Å². The first-order valence-corrected chi connectivity index (χ1v) is 6.14. The van der Waals surface area contributed by atoms with E-state index in [2.05, 4.69) is 16.9 Å². The second-order valence-corrected chi connectivity index (χ2v) is 4.26. The number of rotatable bonds is 5. The van der Waals surface area contributed by atoms with Crippen LogP contribution in [0.1, 0.15) is 5.56 Å². The van der Waals surface area contributed by atoms with Crippen LogP contribution in [0, 0.1) is 0 Å². The number of hydrogen-bond acceptors (Lipinski definition) is 4. The molecule has 2 rings (SSSR count). The smallest absolute Gasteiger partial charge is 0.330 e. The molecule has 0 fully saturated rings. The van der Waals surface area contributed by atoms with E-state index in [1.165, 1.54) is 4.57 Å². The van der Waals surface area contributed by atoms with E-state index < -0.39 is 11.2 Å². The minimum Gasteiger partial charge on any atom is -0.383 e. The zero-order valence-electron chi connectivity index (χ0n) is 10.9. The number of anilines is 2. The molecule has 0 aliphatic heterocycles. The van der Waals surface area contributed by atoms with E-state index in [4.69, 9.17) is 5.73 Å². The molecule has 0 amide bonds. The zero-order valence-corrected chi connectivity index (χ0v) is 10.9. The average Bonchev–Trinajstić information content (AvgIpc) is 2.44. The highest BCUT2D eigenvalue weighted by atomic mass is 16.2. The molecule has 0 atom stereocenters. The van der Waals surface area contributed by atoms with Crippen molar-refractivity contribution >= 4 is 11.5 Å². The Morgan fingerprint density at radius 1 is 1.30 bits per heavy atom. The van der Waals surface area contributed by atoms with Crippen LogP contribution in [0.25, 0.3) is 0 Å². The van der Waals surface area contributed by atoms with Gasteiger partial charge < -0.3 is 11.1 Å². The Kier molecular flexibility index (Phi) is 4.05. The number of nitrogen functional groups attached to an aromatic ring is 1. The third-order valence-corrected chi connectivity index (χ3v) is 2.85. The van der Waals surface area contributed by atoms with Gasteiger partial charge in [0.2, 0.25) is 0 Å². The molecular formula is C14H16N4O2.